The summed E-state index contributed by atoms with van der Waals surface area (Å²) in [6.07, 6.45) is 4.37. The second-order valence-corrected chi connectivity index (χ2v) is 7.08. The molecule has 0 bridgehead atoms. The van der Waals surface area contributed by atoms with Gasteiger partial charge in [0.15, 0.2) is 0 Å². The Morgan fingerprint density at radius 1 is 1.00 bits per heavy atom. The van der Waals surface area contributed by atoms with Crippen molar-refractivity contribution in [2.75, 3.05) is 26.2 Å². The summed E-state index contributed by atoms with van der Waals surface area (Å²) in [4.78, 5) is 17.9. The quantitative estimate of drug-likeness (QED) is 0.856. The summed E-state index contributed by atoms with van der Waals surface area (Å²) in [6, 6.07) is 11.0. The Morgan fingerprint density at radius 3 is 2.14 bits per heavy atom. The predicted molar refractivity (Wildman–Crippen MR) is 89.9 cm³/mol. The van der Waals surface area contributed by atoms with Gasteiger partial charge in [0.05, 0.1) is 5.41 Å². The van der Waals surface area contributed by atoms with Gasteiger partial charge in [-0.15, -0.1) is 0 Å². The highest BCUT2D eigenvalue weighted by atomic mass is 16.2. The van der Waals surface area contributed by atoms with Gasteiger partial charge in [-0.05, 0) is 32.3 Å². The second-order valence-electron chi connectivity index (χ2n) is 7.08. The third-order valence-corrected chi connectivity index (χ3v) is 5.52. The Labute approximate surface area is 134 Å². The van der Waals surface area contributed by atoms with Crippen LogP contribution < -0.4 is 0 Å². The van der Waals surface area contributed by atoms with Crippen LogP contribution in [0.4, 0.5) is 0 Å². The van der Waals surface area contributed by atoms with Crippen LogP contribution in [0.15, 0.2) is 30.3 Å². The summed E-state index contributed by atoms with van der Waals surface area (Å²) in [7, 11) is 0. The van der Waals surface area contributed by atoms with Gasteiger partial charge in [-0.25, -0.2) is 0 Å². The van der Waals surface area contributed by atoms with Gasteiger partial charge in [-0.1, -0.05) is 43.2 Å². The van der Waals surface area contributed by atoms with E-state index in [0.717, 1.165) is 39.0 Å². The van der Waals surface area contributed by atoms with E-state index in [1.54, 1.807) is 0 Å². The normalized spacial score (nSPS) is 22.2. The number of benzene rings is 1. The molecule has 22 heavy (non-hydrogen) atoms. The molecule has 2 fully saturated rings. The molecular weight excluding hydrogens is 272 g/mol. The number of carbonyl (C=O) groups is 1. The average molecular weight is 300 g/mol. The highest BCUT2D eigenvalue weighted by Gasteiger charge is 2.45. The molecule has 0 unspecified atom stereocenters. The molecule has 0 radical (unpaired) electrons. The number of rotatable bonds is 3. The minimum absolute atomic E-state index is 0.249. The summed E-state index contributed by atoms with van der Waals surface area (Å²) < 4.78 is 0. The first-order valence-electron chi connectivity index (χ1n) is 8.72. The summed E-state index contributed by atoms with van der Waals surface area (Å²) >= 11 is 0. The van der Waals surface area contributed by atoms with Gasteiger partial charge in [-0.3, -0.25) is 9.69 Å². The van der Waals surface area contributed by atoms with Crippen molar-refractivity contribution in [1.82, 2.24) is 9.80 Å². The number of carbonyl (C=O) groups excluding carboxylic acids is 1. The van der Waals surface area contributed by atoms with Crippen LogP contribution in [-0.2, 0) is 10.2 Å². The van der Waals surface area contributed by atoms with E-state index in [0.29, 0.717) is 11.9 Å². The van der Waals surface area contributed by atoms with Crippen molar-refractivity contribution in [2.45, 2.75) is 51.0 Å². The van der Waals surface area contributed by atoms with E-state index in [4.69, 9.17) is 0 Å². The number of nitrogens with zero attached hydrogens (tertiary/aromatic N) is 2. The molecule has 120 valence electrons. The SMILES string of the molecule is CC(C)N1CCN(C(=O)C2(c3ccccc3)CCCC2)CC1. The second kappa shape index (κ2) is 6.41. The molecule has 1 aromatic carbocycles. The Bertz CT molecular complexity index is 497. The molecule has 0 atom stereocenters. The van der Waals surface area contributed by atoms with Gasteiger partial charge in [0.2, 0.25) is 5.91 Å². The number of amides is 1. The van der Waals surface area contributed by atoms with Gasteiger partial charge < -0.3 is 4.90 Å². The van der Waals surface area contributed by atoms with Gasteiger partial charge in [0.1, 0.15) is 0 Å². The zero-order valence-corrected chi connectivity index (χ0v) is 13.9. The molecular formula is C19H28N2O. The predicted octanol–water partition coefficient (Wildman–Crippen LogP) is 3.05. The first-order valence-corrected chi connectivity index (χ1v) is 8.72. The highest BCUT2D eigenvalue weighted by Crippen LogP contribution is 2.42. The van der Waals surface area contributed by atoms with Crippen molar-refractivity contribution in [3.8, 4) is 0 Å². The maximum absolute atomic E-state index is 13.3. The fourth-order valence-corrected chi connectivity index (χ4v) is 4.11. The lowest BCUT2D eigenvalue weighted by Gasteiger charge is -2.41. The third-order valence-electron chi connectivity index (χ3n) is 5.52. The molecule has 2 aliphatic rings. The molecule has 0 aromatic heterocycles. The topological polar surface area (TPSA) is 23.6 Å². The van der Waals surface area contributed by atoms with E-state index >= 15 is 0 Å². The van der Waals surface area contributed by atoms with E-state index < -0.39 is 0 Å². The molecule has 0 spiro atoms. The first kappa shape index (κ1) is 15.5. The summed E-state index contributed by atoms with van der Waals surface area (Å²) in [6.45, 7) is 8.25. The average Bonchev–Trinajstić information content (AvgIpc) is 3.06. The van der Waals surface area contributed by atoms with Crippen LogP contribution in [0.2, 0.25) is 0 Å². The van der Waals surface area contributed by atoms with Crippen LogP contribution in [-0.4, -0.2) is 47.9 Å². The summed E-state index contributed by atoms with van der Waals surface area (Å²) in [5.41, 5.74) is 0.977. The summed E-state index contributed by atoms with van der Waals surface area (Å²) in [5, 5.41) is 0. The molecule has 3 rings (SSSR count). The minimum atomic E-state index is -0.249. The van der Waals surface area contributed by atoms with Gasteiger partial charge in [0.25, 0.3) is 0 Å². The van der Waals surface area contributed by atoms with Crippen molar-refractivity contribution in [2.24, 2.45) is 0 Å². The molecule has 1 saturated carbocycles. The Balaban J connectivity index is 1.77. The largest absolute Gasteiger partial charge is 0.339 e. The van der Waals surface area contributed by atoms with E-state index in [-0.39, 0.29) is 5.41 Å². The first-order chi connectivity index (χ1) is 10.6. The maximum Gasteiger partial charge on any atom is 0.233 e. The smallest absolute Gasteiger partial charge is 0.233 e. The van der Waals surface area contributed by atoms with Crippen molar-refractivity contribution < 1.29 is 4.79 Å². The van der Waals surface area contributed by atoms with Gasteiger partial charge >= 0.3 is 0 Å². The van der Waals surface area contributed by atoms with Crippen LogP contribution in [0.25, 0.3) is 0 Å². The maximum atomic E-state index is 13.3. The van der Waals surface area contributed by atoms with E-state index in [1.807, 2.05) is 6.07 Å². The monoisotopic (exact) mass is 300 g/mol. The molecule has 0 N–H and O–H groups in total. The molecule has 1 aromatic rings. The van der Waals surface area contributed by atoms with Gasteiger partial charge in [0, 0.05) is 32.2 Å². The molecule has 3 heteroatoms. The lowest BCUT2D eigenvalue weighted by Crippen LogP contribution is -2.55. The van der Waals surface area contributed by atoms with Crippen LogP contribution in [0, 0.1) is 0 Å². The Morgan fingerprint density at radius 2 is 1.59 bits per heavy atom. The van der Waals surface area contributed by atoms with Crippen LogP contribution >= 0.6 is 0 Å². The molecule has 1 aliphatic heterocycles. The Kier molecular flexibility index (Phi) is 4.53. The third kappa shape index (κ3) is 2.79. The highest BCUT2D eigenvalue weighted by molar-refractivity contribution is 5.88. The van der Waals surface area contributed by atoms with Crippen molar-refractivity contribution in [1.29, 1.82) is 0 Å². The van der Waals surface area contributed by atoms with E-state index in [2.05, 4.69) is 47.9 Å². The molecule has 1 amide bonds. The number of piperazine rings is 1. The molecule has 3 nitrogen and oxygen atoms in total. The van der Waals surface area contributed by atoms with Crippen molar-refractivity contribution in [3.05, 3.63) is 35.9 Å². The molecule has 1 saturated heterocycles. The van der Waals surface area contributed by atoms with Crippen molar-refractivity contribution >= 4 is 5.91 Å². The Hall–Kier alpha value is -1.35. The lowest BCUT2D eigenvalue weighted by atomic mass is 9.77. The summed E-state index contributed by atoms with van der Waals surface area (Å²) in [5.74, 6) is 0.375. The number of hydrogen-bond acceptors (Lipinski definition) is 2. The van der Waals surface area contributed by atoms with Crippen LogP contribution in [0.5, 0.6) is 0 Å². The zero-order chi connectivity index (χ0) is 15.6. The lowest BCUT2D eigenvalue weighted by molar-refractivity contribution is -0.139. The standard InChI is InChI=1S/C19H28N2O/c1-16(2)20-12-14-21(15-13-20)18(22)19(10-6-7-11-19)17-8-4-3-5-9-17/h3-5,8-9,16H,6-7,10-15H2,1-2H3. The molecule has 1 heterocycles. The van der Waals surface area contributed by atoms with Crippen LogP contribution in [0.3, 0.4) is 0 Å². The fraction of sp³-hybridized carbons (Fsp3) is 0.632. The van der Waals surface area contributed by atoms with E-state index in [9.17, 15) is 4.79 Å². The zero-order valence-electron chi connectivity index (χ0n) is 13.9. The fourth-order valence-electron chi connectivity index (χ4n) is 4.11. The van der Waals surface area contributed by atoms with Crippen molar-refractivity contribution in [3.63, 3.8) is 0 Å². The molecule has 1 aliphatic carbocycles. The van der Waals surface area contributed by atoms with E-state index in [1.165, 1.54) is 18.4 Å². The minimum Gasteiger partial charge on any atom is -0.339 e. The van der Waals surface area contributed by atoms with Gasteiger partial charge in [-0.2, -0.15) is 0 Å². The van der Waals surface area contributed by atoms with Crippen LogP contribution in [0.1, 0.15) is 45.1 Å². The number of hydrogen-bond donors (Lipinski definition) is 0.